The Hall–Kier alpha value is -3.28. The number of fused-ring (bicyclic) bond motifs is 1. The van der Waals surface area contributed by atoms with Crippen LogP contribution in [0.25, 0.3) is 5.70 Å². The van der Waals surface area contributed by atoms with Crippen LogP contribution in [0.5, 0.6) is 5.75 Å². The molecule has 2 N–H and O–H groups in total. The van der Waals surface area contributed by atoms with Crippen LogP contribution in [-0.2, 0) is 6.42 Å². The van der Waals surface area contributed by atoms with Crippen molar-refractivity contribution >= 4 is 46.3 Å². The molecular weight excluding hydrogens is 471 g/mol. The Morgan fingerprint density at radius 3 is 2.44 bits per heavy atom. The molecule has 1 amide bonds. The Kier molecular flexibility index (Phi) is 6.69. The number of ether oxygens (including phenoxy) is 1. The maximum Gasteiger partial charge on any atom is 0.257 e. The highest BCUT2D eigenvalue weighted by atomic mass is 35.5. The maximum absolute atomic E-state index is 13.1. The summed E-state index contributed by atoms with van der Waals surface area (Å²) in [6.45, 7) is 4.20. The Morgan fingerprint density at radius 2 is 1.76 bits per heavy atom. The summed E-state index contributed by atoms with van der Waals surface area (Å²) in [7, 11) is 1.62. The lowest BCUT2D eigenvalue weighted by Gasteiger charge is -2.35. The van der Waals surface area contributed by atoms with Gasteiger partial charge < -0.3 is 15.4 Å². The molecule has 0 bridgehead atoms. The topological polar surface area (TPSA) is 67.4 Å². The SMILES string of the molecule is COc1ccc2c(c1)C(=CC(=O)c1ccc(NC(=O)c3ccc(Cl)cc3Cl)cc1)NC(C)(C)C2. The van der Waals surface area contributed by atoms with Gasteiger partial charge in [-0.15, -0.1) is 0 Å². The van der Waals surface area contributed by atoms with Crippen LogP contribution in [0, 0.1) is 0 Å². The van der Waals surface area contributed by atoms with Crippen LogP contribution in [0.2, 0.25) is 10.0 Å². The van der Waals surface area contributed by atoms with E-state index in [4.69, 9.17) is 27.9 Å². The number of methoxy groups -OCH3 is 1. The minimum atomic E-state index is -0.359. The van der Waals surface area contributed by atoms with Gasteiger partial charge in [0.05, 0.1) is 17.7 Å². The van der Waals surface area contributed by atoms with E-state index in [9.17, 15) is 9.59 Å². The Bertz CT molecular complexity index is 1300. The highest BCUT2D eigenvalue weighted by Gasteiger charge is 2.28. The molecule has 1 aliphatic rings. The van der Waals surface area contributed by atoms with Gasteiger partial charge in [-0.1, -0.05) is 29.3 Å². The first-order chi connectivity index (χ1) is 16.1. The van der Waals surface area contributed by atoms with Gasteiger partial charge in [0, 0.05) is 39.1 Å². The lowest BCUT2D eigenvalue weighted by Crippen LogP contribution is -2.43. The maximum atomic E-state index is 13.1. The molecule has 1 aliphatic heterocycles. The van der Waals surface area contributed by atoms with E-state index in [1.165, 1.54) is 6.07 Å². The van der Waals surface area contributed by atoms with Crippen LogP contribution in [0.15, 0.2) is 66.7 Å². The van der Waals surface area contributed by atoms with E-state index in [0.717, 1.165) is 29.0 Å². The number of allylic oxidation sites excluding steroid dienone is 1. The predicted molar refractivity (Wildman–Crippen MR) is 137 cm³/mol. The second-order valence-electron chi connectivity index (χ2n) is 8.79. The monoisotopic (exact) mass is 494 g/mol. The molecule has 0 spiro atoms. The van der Waals surface area contributed by atoms with E-state index in [1.807, 2.05) is 18.2 Å². The molecule has 0 fully saturated rings. The van der Waals surface area contributed by atoms with Gasteiger partial charge in [0.1, 0.15) is 5.75 Å². The molecule has 174 valence electrons. The third-order valence-corrected chi connectivity index (χ3v) is 6.14. The van der Waals surface area contributed by atoms with Crippen molar-refractivity contribution in [1.29, 1.82) is 0 Å². The van der Waals surface area contributed by atoms with Crippen molar-refractivity contribution in [2.45, 2.75) is 25.8 Å². The zero-order valence-electron chi connectivity index (χ0n) is 19.0. The summed E-state index contributed by atoms with van der Waals surface area (Å²) < 4.78 is 5.37. The molecule has 1 heterocycles. The van der Waals surface area contributed by atoms with E-state index < -0.39 is 0 Å². The number of hydrogen-bond donors (Lipinski definition) is 2. The van der Waals surface area contributed by atoms with Gasteiger partial charge in [-0.3, -0.25) is 9.59 Å². The van der Waals surface area contributed by atoms with Crippen LogP contribution in [0.3, 0.4) is 0 Å². The summed E-state index contributed by atoms with van der Waals surface area (Å²) >= 11 is 12.0. The lowest BCUT2D eigenvalue weighted by atomic mass is 9.85. The molecule has 7 heteroatoms. The first-order valence-corrected chi connectivity index (χ1v) is 11.5. The molecule has 0 radical (unpaired) electrons. The van der Waals surface area contributed by atoms with Gasteiger partial charge in [0.2, 0.25) is 0 Å². The number of benzene rings is 3. The molecule has 34 heavy (non-hydrogen) atoms. The van der Waals surface area contributed by atoms with Crippen molar-refractivity contribution in [3.8, 4) is 5.75 Å². The van der Waals surface area contributed by atoms with Gasteiger partial charge >= 0.3 is 0 Å². The second kappa shape index (κ2) is 9.53. The summed E-state index contributed by atoms with van der Waals surface area (Å²) in [6.07, 6.45) is 2.45. The lowest BCUT2D eigenvalue weighted by molar-refractivity contribution is 0.102. The quantitative estimate of drug-likeness (QED) is 0.318. The number of rotatable bonds is 5. The van der Waals surface area contributed by atoms with Crippen LogP contribution < -0.4 is 15.4 Å². The Morgan fingerprint density at radius 1 is 1.03 bits per heavy atom. The number of halogens is 2. The molecule has 3 aromatic carbocycles. The van der Waals surface area contributed by atoms with Gasteiger partial charge in [-0.2, -0.15) is 0 Å². The normalized spacial score (nSPS) is 15.3. The number of nitrogens with one attached hydrogen (secondary N) is 2. The fourth-order valence-corrected chi connectivity index (χ4v) is 4.45. The smallest absolute Gasteiger partial charge is 0.257 e. The number of carbonyl (C=O) groups excluding carboxylic acids is 2. The molecule has 3 aromatic rings. The fraction of sp³-hybridized carbons (Fsp3) is 0.185. The molecule has 0 saturated carbocycles. The van der Waals surface area contributed by atoms with Gasteiger partial charge in [0.25, 0.3) is 5.91 Å². The molecular formula is C27H24Cl2N2O3. The number of anilines is 1. The standard InChI is InChI=1S/C27H24Cl2N2O3/c1-27(2)15-17-6-10-20(34-3)13-22(17)24(31-27)14-25(32)16-4-8-19(9-5-16)30-26(33)21-11-7-18(28)12-23(21)29/h4-14,31H,15H2,1-3H3,(H,30,33). The molecule has 0 atom stereocenters. The largest absolute Gasteiger partial charge is 0.497 e. The van der Waals surface area contributed by atoms with Crippen molar-refractivity contribution in [2.75, 3.05) is 12.4 Å². The van der Waals surface area contributed by atoms with Crippen LogP contribution in [0.4, 0.5) is 5.69 Å². The van der Waals surface area contributed by atoms with Gasteiger partial charge in [-0.25, -0.2) is 0 Å². The van der Waals surface area contributed by atoms with E-state index in [0.29, 0.717) is 21.8 Å². The summed E-state index contributed by atoms with van der Waals surface area (Å²) in [4.78, 5) is 25.6. The van der Waals surface area contributed by atoms with Crippen molar-refractivity contribution in [2.24, 2.45) is 0 Å². The van der Waals surface area contributed by atoms with E-state index in [2.05, 4.69) is 24.5 Å². The third-order valence-electron chi connectivity index (χ3n) is 5.59. The fourth-order valence-electron chi connectivity index (χ4n) is 3.96. The minimum Gasteiger partial charge on any atom is -0.497 e. The minimum absolute atomic E-state index is 0.146. The first kappa shape index (κ1) is 23.9. The average Bonchev–Trinajstić information content (AvgIpc) is 2.78. The Labute approximate surface area is 208 Å². The van der Waals surface area contributed by atoms with Crippen LogP contribution >= 0.6 is 23.2 Å². The molecule has 0 unspecified atom stereocenters. The molecule has 4 rings (SSSR count). The molecule has 5 nitrogen and oxygen atoms in total. The predicted octanol–water partition coefficient (Wildman–Crippen LogP) is 6.40. The Balaban J connectivity index is 1.54. The number of amides is 1. The summed E-state index contributed by atoms with van der Waals surface area (Å²) in [5.74, 6) is 0.231. The number of hydrogen-bond acceptors (Lipinski definition) is 4. The summed E-state index contributed by atoms with van der Waals surface area (Å²) in [5, 5.41) is 6.98. The average molecular weight is 495 g/mol. The van der Waals surface area contributed by atoms with E-state index in [1.54, 1.807) is 49.6 Å². The highest BCUT2D eigenvalue weighted by Crippen LogP contribution is 2.32. The highest BCUT2D eigenvalue weighted by molar-refractivity contribution is 6.37. The van der Waals surface area contributed by atoms with Gasteiger partial charge in [0.15, 0.2) is 5.78 Å². The number of carbonyl (C=O) groups is 2. The van der Waals surface area contributed by atoms with Crippen molar-refractivity contribution in [1.82, 2.24) is 5.32 Å². The molecule has 0 saturated heterocycles. The van der Waals surface area contributed by atoms with Crippen molar-refractivity contribution in [3.05, 3.63) is 99.0 Å². The second-order valence-corrected chi connectivity index (χ2v) is 9.63. The zero-order valence-corrected chi connectivity index (χ0v) is 20.6. The summed E-state index contributed by atoms with van der Waals surface area (Å²) in [5.41, 5.74) is 4.04. The summed E-state index contributed by atoms with van der Waals surface area (Å²) in [6, 6.07) is 17.3. The zero-order chi connectivity index (χ0) is 24.5. The molecule has 0 aromatic heterocycles. The number of ketones is 1. The van der Waals surface area contributed by atoms with Crippen LogP contribution in [0.1, 0.15) is 45.7 Å². The van der Waals surface area contributed by atoms with E-state index in [-0.39, 0.29) is 22.3 Å². The van der Waals surface area contributed by atoms with Crippen molar-refractivity contribution in [3.63, 3.8) is 0 Å². The van der Waals surface area contributed by atoms with Gasteiger partial charge in [-0.05, 0) is 80.4 Å². The molecule has 0 aliphatic carbocycles. The van der Waals surface area contributed by atoms with Crippen LogP contribution in [-0.4, -0.2) is 24.3 Å². The third kappa shape index (κ3) is 5.27. The first-order valence-electron chi connectivity index (χ1n) is 10.7. The van der Waals surface area contributed by atoms with Crippen molar-refractivity contribution < 1.29 is 14.3 Å². The van der Waals surface area contributed by atoms with E-state index >= 15 is 0 Å².